The van der Waals surface area contributed by atoms with Gasteiger partial charge < -0.3 is 9.80 Å². The summed E-state index contributed by atoms with van der Waals surface area (Å²) in [6.45, 7) is 9.97. The van der Waals surface area contributed by atoms with Crippen LogP contribution in [0.2, 0.25) is 0 Å². The van der Waals surface area contributed by atoms with Gasteiger partial charge in [-0.15, -0.1) is 0 Å². The van der Waals surface area contributed by atoms with Crippen LogP contribution in [0.15, 0.2) is 40.0 Å². The molecule has 0 spiro atoms. The van der Waals surface area contributed by atoms with E-state index in [0.717, 1.165) is 50.4 Å². The molecule has 36 heavy (non-hydrogen) atoms. The van der Waals surface area contributed by atoms with E-state index in [1.54, 1.807) is 16.4 Å². The summed E-state index contributed by atoms with van der Waals surface area (Å²) in [6, 6.07) is 12.4. The second-order valence-corrected chi connectivity index (χ2v) is 10.6. The van der Waals surface area contributed by atoms with Crippen molar-refractivity contribution >= 4 is 51.8 Å². The summed E-state index contributed by atoms with van der Waals surface area (Å²) < 4.78 is 2.27. The van der Waals surface area contributed by atoms with Gasteiger partial charge in [0.2, 0.25) is 0 Å². The number of nitriles is 1. The number of thiocarbonyl (C=S) groups is 1. The zero-order chi connectivity index (χ0) is 25.8. The quantitative estimate of drug-likeness (QED) is 0.396. The van der Waals surface area contributed by atoms with E-state index in [0.29, 0.717) is 27.9 Å². The van der Waals surface area contributed by atoms with Gasteiger partial charge >= 0.3 is 0 Å². The molecule has 4 rings (SSSR count). The van der Waals surface area contributed by atoms with E-state index in [2.05, 4.69) is 28.0 Å². The summed E-state index contributed by atoms with van der Waals surface area (Å²) >= 11 is 6.75. The van der Waals surface area contributed by atoms with Crippen molar-refractivity contribution in [2.24, 2.45) is 0 Å². The third-order valence-electron chi connectivity index (χ3n) is 6.59. The summed E-state index contributed by atoms with van der Waals surface area (Å²) in [5.41, 5.74) is 2.40. The van der Waals surface area contributed by atoms with Crippen molar-refractivity contribution < 1.29 is 4.79 Å². The Morgan fingerprint density at radius 1 is 1.03 bits per heavy atom. The molecule has 0 atom stereocenters. The predicted molar refractivity (Wildman–Crippen MR) is 151 cm³/mol. The minimum absolute atomic E-state index is 0.113. The van der Waals surface area contributed by atoms with Crippen molar-refractivity contribution in [3.8, 4) is 6.07 Å². The number of aromatic nitrogens is 1. The Balaban J connectivity index is 1.79. The second kappa shape index (κ2) is 11.3. The van der Waals surface area contributed by atoms with Crippen LogP contribution in [0.5, 0.6) is 0 Å². The molecule has 2 saturated heterocycles. The Labute approximate surface area is 222 Å². The average molecular weight is 522 g/mol. The van der Waals surface area contributed by atoms with Crippen LogP contribution in [-0.4, -0.2) is 52.4 Å². The Morgan fingerprint density at radius 2 is 1.67 bits per heavy atom. The molecule has 3 heterocycles. The third-order valence-corrected chi connectivity index (χ3v) is 7.97. The molecular weight excluding hydrogens is 490 g/mol. The number of hydrogen-bond donors (Lipinski definition) is 0. The number of carbonyl (C=O) groups excluding carboxylic acids is 1. The molecule has 0 radical (unpaired) electrons. The minimum atomic E-state index is -0.270. The lowest BCUT2D eigenvalue weighted by Crippen LogP contribution is -2.48. The lowest BCUT2D eigenvalue weighted by Gasteiger charge is -2.39. The highest BCUT2D eigenvalue weighted by atomic mass is 32.2. The first-order valence-electron chi connectivity index (χ1n) is 12.4. The smallest absolute Gasteiger partial charge is 0.270 e. The highest BCUT2D eigenvalue weighted by Crippen LogP contribution is 2.36. The standard InChI is InChI=1S/C27H31N5O2S2/c1-4-11-31-24(30-15-13-29(14-16-30)20-9-7-6-8-10-20)21(19(3)22(18-28)25(31)33)17-23-26(34)32(12-5-2)27(35)36-23/h6-10,17H,4-5,11-16H2,1-3H3. The van der Waals surface area contributed by atoms with Gasteiger partial charge in [0.15, 0.2) is 0 Å². The number of carbonyl (C=O) groups is 1. The average Bonchev–Trinajstić information content (AvgIpc) is 3.15. The molecule has 1 aromatic heterocycles. The molecule has 7 nitrogen and oxygen atoms in total. The lowest BCUT2D eigenvalue weighted by molar-refractivity contribution is -0.122. The summed E-state index contributed by atoms with van der Waals surface area (Å²) in [5.74, 6) is 0.671. The van der Waals surface area contributed by atoms with Crippen LogP contribution in [0.1, 0.15) is 43.4 Å². The highest BCUT2D eigenvalue weighted by molar-refractivity contribution is 8.26. The molecule has 0 bridgehead atoms. The van der Waals surface area contributed by atoms with Gasteiger partial charge in [-0.2, -0.15) is 5.26 Å². The molecule has 2 fully saturated rings. The maximum atomic E-state index is 13.4. The zero-order valence-corrected chi connectivity index (χ0v) is 22.6. The number of thioether (sulfide) groups is 1. The van der Waals surface area contributed by atoms with Crippen LogP contribution in [-0.2, 0) is 11.3 Å². The normalized spacial score (nSPS) is 17.3. The maximum Gasteiger partial charge on any atom is 0.270 e. The largest absolute Gasteiger partial charge is 0.368 e. The number of piperazine rings is 1. The highest BCUT2D eigenvalue weighted by Gasteiger charge is 2.33. The number of para-hydroxylation sites is 1. The first kappa shape index (κ1) is 26.0. The Bertz CT molecular complexity index is 1290. The molecule has 1 aromatic carbocycles. The first-order valence-corrected chi connectivity index (χ1v) is 13.6. The number of amides is 1. The summed E-state index contributed by atoms with van der Waals surface area (Å²) in [4.78, 5) is 33.3. The lowest BCUT2D eigenvalue weighted by atomic mass is 10.0. The van der Waals surface area contributed by atoms with E-state index in [1.807, 2.05) is 38.1 Å². The van der Waals surface area contributed by atoms with Crippen molar-refractivity contribution in [1.82, 2.24) is 9.47 Å². The molecular formula is C27H31N5O2S2. The minimum Gasteiger partial charge on any atom is -0.368 e. The van der Waals surface area contributed by atoms with Crippen LogP contribution < -0.4 is 15.4 Å². The molecule has 1 amide bonds. The van der Waals surface area contributed by atoms with Crippen molar-refractivity contribution in [2.45, 2.75) is 40.2 Å². The molecule has 0 saturated carbocycles. The van der Waals surface area contributed by atoms with Crippen LogP contribution >= 0.6 is 24.0 Å². The van der Waals surface area contributed by atoms with E-state index in [1.165, 1.54) is 17.4 Å². The van der Waals surface area contributed by atoms with Gasteiger partial charge in [0.1, 0.15) is 21.8 Å². The van der Waals surface area contributed by atoms with E-state index in [9.17, 15) is 14.9 Å². The number of pyridine rings is 1. The van der Waals surface area contributed by atoms with Gasteiger partial charge in [0, 0.05) is 50.5 Å². The molecule has 2 aliphatic heterocycles. The predicted octanol–water partition coefficient (Wildman–Crippen LogP) is 4.38. The van der Waals surface area contributed by atoms with Crippen molar-refractivity contribution in [3.05, 3.63) is 62.3 Å². The fourth-order valence-corrected chi connectivity index (χ4v) is 6.07. The molecule has 0 unspecified atom stereocenters. The van der Waals surface area contributed by atoms with E-state index in [4.69, 9.17) is 12.2 Å². The Morgan fingerprint density at radius 3 is 2.28 bits per heavy atom. The topological polar surface area (TPSA) is 72.6 Å². The number of benzene rings is 1. The van der Waals surface area contributed by atoms with Crippen molar-refractivity contribution in [1.29, 1.82) is 5.26 Å². The SMILES string of the molecule is CCCN1C(=O)C(=Cc2c(C)c(C#N)c(=O)n(CCC)c2N2CCN(c3ccccc3)CC2)SC1=S. The van der Waals surface area contributed by atoms with Gasteiger partial charge in [-0.05, 0) is 43.5 Å². The fourth-order valence-electron chi connectivity index (χ4n) is 4.78. The van der Waals surface area contributed by atoms with E-state index in [-0.39, 0.29) is 17.0 Å². The Hall–Kier alpha value is -3.09. The fraction of sp³-hybridized carbons (Fsp3) is 0.407. The molecule has 2 aromatic rings. The van der Waals surface area contributed by atoms with Crippen LogP contribution in [0.3, 0.4) is 0 Å². The second-order valence-electron chi connectivity index (χ2n) is 8.95. The maximum absolute atomic E-state index is 13.4. The van der Waals surface area contributed by atoms with Crippen LogP contribution in [0, 0.1) is 18.3 Å². The van der Waals surface area contributed by atoms with E-state index < -0.39 is 0 Å². The molecule has 0 N–H and O–H groups in total. The van der Waals surface area contributed by atoms with Crippen molar-refractivity contribution in [3.63, 3.8) is 0 Å². The number of hydrogen-bond acceptors (Lipinski definition) is 7. The monoisotopic (exact) mass is 521 g/mol. The summed E-state index contributed by atoms with van der Waals surface area (Å²) in [7, 11) is 0. The number of anilines is 2. The first-order chi connectivity index (χ1) is 17.4. The van der Waals surface area contributed by atoms with Gasteiger partial charge in [-0.25, -0.2) is 0 Å². The molecule has 188 valence electrons. The van der Waals surface area contributed by atoms with Crippen molar-refractivity contribution in [2.75, 3.05) is 42.5 Å². The summed E-state index contributed by atoms with van der Waals surface area (Å²) in [6.07, 6.45) is 3.41. The number of nitrogens with zero attached hydrogens (tertiary/aromatic N) is 5. The van der Waals surface area contributed by atoms with Gasteiger partial charge in [0.05, 0.1) is 4.91 Å². The van der Waals surface area contributed by atoms with Gasteiger partial charge in [-0.3, -0.25) is 19.1 Å². The Kier molecular flexibility index (Phi) is 8.17. The molecule has 9 heteroatoms. The van der Waals surface area contributed by atoms with Gasteiger partial charge in [-0.1, -0.05) is 56.0 Å². The third kappa shape index (κ3) is 4.93. The van der Waals surface area contributed by atoms with Gasteiger partial charge in [0.25, 0.3) is 11.5 Å². The zero-order valence-electron chi connectivity index (χ0n) is 21.0. The van der Waals surface area contributed by atoms with Crippen LogP contribution in [0.25, 0.3) is 6.08 Å². The molecule has 0 aliphatic carbocycles. The molecule has 2 aliphatic rings. The number of rotatable bonds is 7. The van der Waals surface area contributed by atoms with E-state index >= 15 is 0 Å². The summed E-state index contributed by atoms with van der Waals surface area (Å²) in [5, 5.41) is 9.84. The van der Waals surface area contributed by atoms with Crippen LogP contribution in [0.4, 0.5) is 11.5 Å².